The van der Waals surface area contributed by atoms with E-state index in [1.165, 1.54) is 16.5 Å². The summed E-state index contributed by atoms with van der Waals surface area (Å²) in [6.07, 6.45) is 2.19. The van der Waals surface area contributed by atoms with Gasteiger partial charge in [-0.3, -0.25) is 0 Å². The van der Waals surface area contributed by atoms with E-state index in [1.807, 2.05) is 24.3 Å². The van der Waals surface area contributed by atoms with E-state index in [2.05, 4.69) is 58.2 Å². The number of anilines is 1. The lowest BCUT2D eigenvalue weighted by Crippen LogP contribution is -2.34. The maximum Gasteiger partial charge on any atom is 0.225 e. The Kier molecular flexibility index (Phi) is 6.96. The molecule has 0 bridgehead atoms. The molecule has 3 aromatic rings. The van der Waals surface area contributed by atoms with Gasteiger partial charge in [-0.05, 0) is 61.6 Å². The van der Waals surface area contributed by atoms with Crippen molar-refractivity contribution in [1.82, 2.24) is 9.88 Å². The molecule has 156 valence electrons. The van der Waals surface area contributed by atoms with Crippen LogP contribution < -0.4 is 10.6 Å². The summed E-state index contributed by atoms with van der Waals surface area (Å²) < 4.78 is 7.73. The molecule has 0 saturated carbocycles. The van der Waals surface area contributed by atoms with Crippen LogP contribution in [0.15, 0.2) is 48.5 Å². The van der Waals surface area contributed by atoms with Crippen LogP contribution in [0.25, 0.3) is 10.9 Å². The molecule has 2 heterocycles. The molecule has 1 aromatic heterocycles. The Morgan fingerprint density at radius 2 is 1.90 bits per heavy atom. The van der Waals surface area contributed by atoms with Gasteiger partial charge in [-0.1, -0.05) is 12.0 Å². The van der Waals surface area contributed by atoms with E-state index >= 15 is 0 Å². The molecule has 2 aromatic carbocycles. The molecule has 0 amide bonds. The molecule has 30 heavy (non-hydrogen) atoms. The van der Waals surface area contributed by atoms with Crippen LogP contribution in [0, 0.1) is 23.4 Å². The average molecular weight is 423 g/mol. The van der Waals surface area contributed by atoms with Crippen molar-refractivity contribution < 1.29 is 16.3 Å². The quantitative estimate of drug-likeness (QED) is 0.587. The molecule has 0 aliphatic carbocycles. The minimum absolute atomic E-state index is 0.561. The summed E-state index contributed by atoms with van der Waals surface area (Å²) in [5.74, 6) is 6.59. The molecule has 1 aliphatic heterocycles. The number of nitrogens with one attached hydrogen (secondary N) is 2. The highest BCUT2D eigenvalue weighted by Gasteiger charge is 2.13. The monoisotopic (exact) mass is 422 g/mol. The second-order valence-corrected chi connectivity index (χ2v) is 8.09. The number of hydrogen-bond donors (Lipinski definition) is 2. The van der Waals surface area contributed by atoms with Gasteiger partial charge in [0.25, 0.3) is 0 Å². The van der Waals surface area contributed by atoms with Crippen LogP contribution in [0.4, 0.5) is 5.69 Å². The molecular formula is C25H29ClN3O+. The largest absolute Gasteiger partial charge is 0.381 e. The molecule has 0 radical (unpaired) electrons. The normalized spacial score (nSPS) is 14.5. The summed E-state index contributed by atoms with van der Waals surface area (Å²) in [6.45, 7) is 6.30. The van der Waals surface area contributed by atoms with Crippen LogP contribution in [0.2, 0.25) is 5.02 Å². The van der Waals surface area contributed by atoms with Gasteiger partial charge in [-0.15, -0.1) is 0 Å². The van der Waals surface area contributed by atoms with Crippen LogP contribution in [0.1, 0.15) is 31.0 Å². The highest BCUT2D eigenvalue weighted by Crippen LogP contribution is 2.21. The number of aryl methyl sites for hydroxylation is 1. The zero-order valence-corrected chi connectivity index (χ0v) is 18.2. The van der Waals surface area contributed by atoms with Crippen molar-refractivity contribution in [1.29, 1.82) is 0 Å². The maximum atomic E-state index is 5.44. The van der Waals surface area contributed by atoms with Crippen molar-refractivity contribution in [2.24, 2.45) is 0 Å². The van der Waals surface area contributed by atoms with E-state index in [9.17, 15) is 0 Å². The number of fused-ring (bicyclic) bond motifs is 1. The van der Waals surface area contributed by atoms with Gasteiger partial charge in [0.15, 0.2) is 11.6 Å². The molecule has 0 spiro atoms. The molecule has 0 unspecified atom stereocenters. The summed E-state index contributed by atoms with van der Waals surface area (Å²) >= 11 is 5.12. The molecule has 4 rings (SSSR count). The van der Waals surface area contributed by atoms with Gasteiger partial charge in [-0.2, -0.15) is 0 Å². The number of aromatic nitrogens is 1. The highest BCUT2D eigenvalue weighted by atomic mass is 35.5. The fourth-order valence-electron chi connectivity index (χ4n) is 3.89. The second-order valence-electron chi connectivity index (χ2n) is 7.61. The van der Waals surface area contributed by atoms with Crippen molar-refractivity contribution in [3.63, 3.8) is 0 Å². The Hall–Kier alpha value is -2.45. The minimum Gasteiger partial charge on any atom is -0.381 e. The Balaban J connectivity index is 1.43. The van der Waals surface area contributed by atoms with E-state index in [-0.39, 0.29) is 0 Å². The molecule has 1 aliphatic rings. The smallest absolute Gasteiger partial charge is 0.225 e. The summed E-state index contributed by atoms with van der Waals surface area (Å²) in [5.41, 5.74) is 4.65. The van der Waals surface area contributed by atoms with E-state index < -0.39 is 0 Å². The van der Waals surface area contributed by atoms with Gasteiger partial charge in [-0.25, -0.2) is 0 Å². The first-order chi connectivity index (χ1) is 14.7. The Bertz CT molecular complexity index is 1040. The van der Waals surface area contributed by atoms with E-state index in [0.717, 1.165) is 55.5 Å². The number of nitrogens with zero attached hydrogens (tertiary/aromatic N) is 1. The third kappa shape index (κ3) is 5.17. The Morgan fingerprint density at radius 1 is 1.10 bits per heavy atom. The number of rotatable bonds is 6. The van der Waals surface area contributed by atoms with E-state index in [0.29, 0.717) is 12.6 Å². The topological polar surface area (TPSA) is 38.2 Å². The van der Waals surface area contributed by atoms with Gasteiger partial charge in [0.1, 0.15) is 0 Å². The minimum atomic E-state index is 0.561. The fraction of sp³-hybridized carbons (Fsp3) is 0.360. The van der Waals surface area contributed by atoms with Crippen LogP contribution in [-0.2, 0) is 17.8 Å². The number of hydrogen-bond acceptors (Lipinski definition) is 3. The fourth-order valence-corrected chi connectivity index (χ4v) is 4.03. The summed E-state index contributed by atoms with van der Waals surface area (Å²) in [5, 5.41) is 9.09. The van der Waals surface area contributed by atoms with Gasteiger partial charge in [0.05, 0.1) is 12.2 Å². The molecule has 1 saturated heterocycles. The lowest BCUT2D eigenvalue weighted by Gasteiger charge is -2.23. The molecule has 5 heteroatoms. The van der Waals surface area contributed by atoms with Crippen LogP contribution in [0.5, 0.6) is 0 Å². The van der Waals surface area contributed by atoms with Crippen molar-refractivity contribution in [3.05, 3.63) is 64.8 Å². The molecule has 1 fully saturated rings. The molecular weight excluding hydrogens is 394 g/mol. The predicted octanol–water partition coefficient (Wildman–Crippen LogP) is 4.09. The highest BCUT2D eigenvalue weighted by molar-refractivity contribution is 5.83. The van der Waals surface area contributed by atoms with Crippen molar-refractivity contribution in [2.45, 2.75) is 38.9 Å². The van der Waals surface area contributed by atoms with Crippen LogP contribution in [-0.4, -0.2) is 30.4 Å². The number of ether oxygens (including phenoxy) is 1. The molecule has 4 nitrogen and oxygen atoms in total. The third-order valence-corrected chi connectivity index (χ3v) is 5.82. The van der Waals surface area contributed by atoms with Gasteiger partial charge in [0.2, 0.25) is 5.02 Å². The first kappa shape index (κ1) is 20.8. The molecule has 0 atom stereocenters. The van der Waals surface area contributed by atoms with Gasteiger partial charge >= 0.3 is 0 Å². The van der Waals surface area contributed by atoms with E-state index in [4.69, 9.17) is 16.3 Å². The maximum absolute atomic E-state index is 5.44. The van der Waals surface area contributed by atoms with Crippen molar-refractivity contribution >= 4 is 16.6 Å². The standard InChI is InChI=1S/C25H29ClN3O/c1-2-29-24(4-3-13-27-22-8-6-21(26)7-9-22)17-20-16-19(5-10-25(20)29)18-28-23-11-14-30-15-12-23/h5-10,16-17,23,26-28H,2,11-15,18H2,1H3/q+1. The second kappa shape index (κ2) is 10.0. The van der Waals surface area contributed by atoms with E-state index in [1.54, 1.807) is 0 Å². The van der Waals surface area contributed by atoms with Crippen molar-refractivity contribution in [3.8, 4) is 11.8 Å². The first-order valence-corrected chi connectivity index (χ1v) is 11.1. The first-order valence-electron chi connectivity index (χ1n) is 10.7. The summed E-state index contributed by atoms with van der Waals surface area (Å²) in [4.78, 5) is 0. The zero-order chi connectivity index (χ0) is 20.8. The number of benzene rings is 2. The summed E-state index contributed by atoms with van der Waals surface area (Å²) in [7, 11) is 0. The number of halogens is 1. The van der Waals surface area contributed by atoms with Gasteiger partial charge < -0.3 is 19.9 Å². The summed E-state index contributed by atoms with van der Waals surface area (Å²) in [6, 6.07) is 17.3. The lowest BCUT2D eigenvalue weighted by atomic mass is 10.1. The third-order valence-electron chi connectivity index (χ3n) is 5.55. The van der Waals surface area contributed by atoms with Crippen LogP contribution in [0.3, 0.4) is 0 Å². The Labute approximate surface area is 183 Å². The average Bonchev–Trinajstić information content (AvgIpc) is 3.13. The SMILES string of the molecule is CCn1c(C#CCNc2ccc([ClH+])cc2)cc2cc(CNC3CCOCC3)ccc21. The van der Waals surface area contributed by atoms with Crippen molar-refractivity contribution in [2.75, 3.05) is 25.1 Å². The molecule has 2 N–H and O–H groups in total. The lowest BCUT2D eigenvalue weighted by molar-refractivity contribution is -0.288. The Morgan fingerprint density at radius 3 is 2.67 bits per heavy atom. The predicted molar refractivity (Wildman–Crippen MR) is 121 cm³/mol. The van der Waals surface area contributed by atoms with Crippen LogP contribution >= 0.6 is 0 Å². The van der Waals surface area contributed by atoms with Gasteiger partial charge in [0, 0.05) is 61.1 Å². The zero-order valence-electron chi connectivity index (χ0n) is 17.4.